The second-order valence-electron chi connectivity index (χ2n) is 8.25. The first-order chi connectivity index (χ1) is 12.7. The van der Waals surface area contributed by atoms with E-state index in [0.717, 1.165) is 24.8 Å². The van der Waals surface area contributed by atoms with Crippen molar-refractivity contribution in [1.29, 1.82) is 0 Å². The maximum Gasteiger partial charge on any atom is 0.246 e. The SMILES string of the molecule is CC(C)(C)[C@@H](/C=C/c1ccc(Cl)cc1Cl)NC(=O)C1(NC=O)CCCCC1. The fourth-order valence-electron chi connectivity index (χ4n) is 3.37. The van der Waals surface area contributed by atoms with Gasteiger partial charge in [-0.25, -0.2) is 0 Å². The molecule has 0 aliphatic heterocycles. The Morgan fingerprint density at radius 2 is 1.85 bits per heavy atom. The average molecular weight is 411 g/mol. The quantitative estimate of drug-likeness (QED) is 0.649. The van der Waals surface area contributed by atoms with Gasteiger partial charge in [-0.1, -0.05) is 81.5 Å². The third-order valence-corrected chi connectivity index (χ3v) is 5.69. The van der Waals surface area contributed by atoms with Crippen LogP contribution in [0.5, 0.6) is 0 Å². The number of carbonyl (C=O) groups is 2. The van der Waals surface area contributed by atoms with E-state index in [1.807, 2.05) is 18.2 Å². The molecule has 1 aromatic carbocycles. The molecule has 2 amide bonds. The second kappa shape index (κ2) is 9.11. The zero-order chi connectivity index (χ0) is 20.1. The number of benzene rings is 1. The van der Waals surface area contributed by atoms with Gasteiger partial charge in [0.1, 0.15) is 5.54 Å². The molecule has 0 unspecified atom stereocenters. The highest BCUT2D eigenvalue weighted by Gasteiger charge is 2.40. The zero-order valence-electron chi connectivity index (χ0n) is 16.1. The molecule has 2 N–H and O–H groups in total. The van der Waals surface area contributed by atoms with E-state index >= 15 is 0 Å². The lowest BCUT2D eigenvalue weighted by Gasteiger charge is -2.38. The van der Waals surface area contributed by atoms with Gasteiger partial charge in [0, 0.05) is 10.0 Å². The van der Waals surface area contributed by atoms with Crippen LogP contribution in [0.25, 0.3) is 6.08 Å². The normalized spacial score (nSPS) is 18.1. The molecule has 1 aliphatic rings. The monoisotopic (exact) mass is 410 g/mol. The van der Waals surface area contributed by atoms with Crippen LogP contribution in [0.4, 0.5) is 0 Å². The third-order valence-electron chi connectivity index (χ3n) is 5.13. The van der Waals surface area contributed by atoms with Crippen LogP contribution in [-0.2, 0) is 9.59 Å². The summed E-state index contributed by atoms with van der Waals surface area (Å²) in [6, 6.07) is 5.10. The van der Waals surface area contributed by atoms with E-state index in [4.69, 9.17) is 23.2 Å². The molecule has 0 aromatic heterocycles. The highest BCUT2D eigenvalue weighted by atomic mass is 35.5. The number of nitrogens with one attached hydrogen (secondary N) is 2. The summed E-state index contributed by atoms with van der Waals surface area (Å²) >= 11 is 12.2. The molecule has 1 fully saturated rings. The lowest BCUT2D eigenvalue weighted by Crippen LogP contribution is -2.60. The Hall–Kier alpha value is -1.52. The number of halogens is 2. The maximum atomic E-state index is 13.1. The lowest BCUT2D eigenvalue weighted by atomic mass is 9.79. The van der Waals surface area contributed by atoms with E-state index in [0.29, 0.717) is 29.3 Å². The molecule has 0 saturated heterocycles. The van der Waals surface area contributed by atoms with Gasteiger partial charge in [-0.15, -0.1) is 0 Å². The predicted molar refractivity (Wildman–Crippen MR) is 112 cm³/mol. The second-order valence-corrected chi connectivity index (χ2v) is 9.09. The van der Waals surface area contributed by atoms with Gasteiger partial charge in [-0.3, -0.25) is 9.59 Å². The van der Waals surface area contributed by atoms with Crippen molar-refractivity contribution in [2.45, 2.75) is 64.5 Å². The first-order valence-electron chi connectivity index (χ1n) is 9.33. The molecule has 4 nitrogen and oxygen atoms in total. The lowest BCUT2D eigenvalue weighted by molar-refractivity contribution is -0.132. The summed E-state index contributed by atoms with van der Waals surface area (Å²) in [6.45, 7) is 6.19. The van der Waals surface area contributed by atoms with Crippen LogP contribution in [-0.4, -0.2) is 23.9 Å². The van der Waals surface area contributed by atoms with Crippen molar-refractivity contribution in [3.63, 3.8) is 0 Å². The minimum Gasteiger partial charge on any atom is -0.347 e. The molecule has 6 heteroatoms. The Kier molecular flexibility index (Phi) is 7.35. The maximum absolute atomic E-state index is 13.1. The van der Waals surface area contributed by atoms with Gasteiger partial charge < -0.3 is 10.6 Å². The van der Waals surface area contributed by atoms with Crippen molar-refractivity contribution in [2.24, 2.45) is 5.41 Å². The molecule has 27 heavy (non-hydrogen) atoms. The van der Waals surface area contributed by atoms with Gasteiger partial charge in [0.2, 0.25) is 12.3 Å². The summed E-state index contributed by atoms with van der Waals surface area (Å²) in [5, 5.41) is 7.07. The Labute approximate surface area is 171 Å². The number of hydrogen-bond donors (Lipinski definition) is 2. The van der Waals surface area contributed by atoms with Crippen molar-refractivity contribution < 1.29 is 9.59 Å². The molecule has 0 spiro atoms. The summed E-state index contributed by atoms with van der Waals surface area (Å²) < 4.78 is 0. The van der Waals surface area contributed by atoms with Crippen LogP contribution >= 0.6 is 23.2 Å². The summed E-state index contributed by atoms with van der Waals surface area (Å²) in [5.41, 5.74) is -0.180. The van der Waals surface area contributed by atoms with Crippen molar-refractivity contribution in [2.75, 3.05) is 0 Å². The summed E-state index contributed by atoms with van der Waals surface area (Å²) in [5.74, 6) is -0.124. The van der Waals surface area contributed by atoms with E-state index in [1.54, 1.807) is 12.1 Å². The minimum atomic E-state index is -0.810. The summed E-state index contributed by atoms with van der Waals surface area (Å²) in [6.07, 6.45) is 8.78. The van der Waals surface area contributed by atoms with Gasteiger partial charge in [-0.05, 0) is 36.0 Å². The Balaban J connectivity index is 2.22. The summed E-state index contributed by atoms with van der Waals surface area (Å²) in [7, 11) is 0. The first-order valence-corrected chi connectivity index (χ1v) is 10.1. The minimum absolute atomic E-state index is 0.124. The topological polar surface area (TPSA) is 58.2 Å². The van der Waals surface area contributed by atoms with Crippen molar-refractivity contribution in [1.82, 2.24) is 10.6 Å². The Morgan fingerprint density at radius 3 is 2.41 bits per heavy atom. The fourth-order valence-corrected chi connectivity index (χ4v) is 3.85. The molecular weight excluding hydrogens is 383 g/mol. The molecule has 0 bridgehead atoms. The van der Waals surface area contributed by atoms with Crippen molar-refractivity contribution in [3.05, 3.63) is 39.9 Å². The van der Waals surface area contributed by atoms with Gasteiger partial charge in [-0.2, -0.15) is 0 Å². The smallest absolute Gasteiger partial charge is 0.246 e. The van der Waals surface area contributed by atoms with Crippen LogP contribution in [0.15, 0.2) is 24.3 Å². The van der Waals surface area contributed by atoms with E-state index in [-0.39, 0.29) is 17.4 Å². The van der Waals surface area contributed by atoms with Gasteiger partial charge in [0.25, 0.3) is 0 Å². The van der Waals surface area contributed by atoms with Crippen molar-refractivity contribution in [3.8, 4) is 0 Å². The van der Waals surface area contributed by atoms with Gasteiger partial charge in [0.05, 0.1) is 6.04 Å². The van der Waals surface area contributed by atoms with Crippen LogP contribution in [0.1, 0.15) is 58.4 Å². The molecular formula is C21H28Cl2N2O2. The number of hydrogen-bond acceptors (Lipinski definition) is 2. The third kappa shape index (κ3) is 5.73. The standard InChI is InChI=1S/C21H28Cl2N2O2/c1-20(2,3)18(10-8-15-7-9-16(22)13-17(15)23)25-19(27)21(24-14-26)11-5-4-6-12-21/h7-10,13-14,18H,4-6,11-12H2,1-3H3,(H,24,26)(H,25,27)/b10-8+/t18-/m1/s1. The van der Waals surface area contributed by atoms with Gasteiger partial charge >= 0.3 is 0 Å². The fraction of sp³-hybridized carbons (Fsp3) is 0.524. The largest absolute Gasteiger partial charge is 0.347 e. The molecule has 1 aliphatic carbocycles. The average Bonchev–Trinajstić information content (AvgIpc) is 2.59. The van der Waals surface area contributed by atoms with Crippen LogP contribution < -0.4 is 10.6 Å². The Bertz CT molecular complexity index is 705. The number of carbonyl (C=O) groups excluding carboxylic acids is 2. The number of rotatable bonds is 6. The summed E-state index contributed by atoms with van der Waals surface area (Å²) in [4.78, 5) is 24.2. The molecule has 148 valence electrons. The van der Waals surface area contributed by atoms with E-state index in [2.05, 4.69) is 31.4 Å². The van der Waals surface area contributed by atoms with Gasteiger partial charge in [0.15, 0.2) is 0 Å². The van der Waals surface area contributed by atoms with E-state index < -0.39 is 5.54 Å². The van der Waals surface area contributed by atoms with Crippen LogP contribution in [0, 0.1) is 5.41 Å². The molecule has 1 atom stereocenters. The molecule has 2 rings (SSSR count). The molecule has 1 aromatic rings. The highest BCUT2D eigenvalue weighted by Crippen LogP contribution is 2.30. The first kappa shape index (κ1) is 21.8. The molecule has 0 radical (unpaired) electrons. The Morgan fingerprint density at radius 1 is 1.19 bits per heavy atom. The number of amides is 2. The van der Waals surface area contributed by atoms with E-state index in [1.165, 1.54) is 0 Å². The molecule has 1 saturated carbocycles. The van der Waals surface area contributed by atoms with Crippen molar-refractivity contribution >= 4 is 41.6 Å². The highest BCUT2D eigenvalue weighted by molar-refractivity contribution is 6.35. The zero-order valence-corrected chi connectivity index (χ0v) is 17.7. The van der Waals surface area contributed by atoms with E-state index in [9.17, 15) is 9.59 Å². The molecule has 0 heterocycles. The van der Waals surface area contributed by atoms with Crippen LogP contribution in [0.2, 0.25) is 10.0 Å². The van der Waals surface area contributed by atoms with Crippen LogP contribution in [0.3, 0.4) is 0 Å². The predicted octanol–water partition coefficient (Wildman–Crippen LogP) is 4.99.